The molecular formula is C51H32N4O. The smallest absolute Gasteiger partial charge is 0.164 e. The SMILES string of the molecule is c1ccc(-c2ccc3c(c2)c2ccccc2n3-c2cccc(-c3ccc4c(c3)oc3cc(-c5nc(-c6ccccc6)nc(-c6ccccc6)n5)ccc34)c2)cc1. The third kappa shape index (κ3) is 5.45. The molecule has 0 saturated heterocycles. The number of nitrogens with zero attached hydrogens (tertiary/aromatic N) is 4. The van der Waals surface area contributed by atoms with Crippen LogP contribution >= 0.6 is 0 Å². The molecule has 11 aromatic rings. The number of rotatable bonds is 6. The van der Waals surface area contributed by atoms with E-state index >= 15 is 0 Å². The van der Waals surface area contributed by atoms with Crippen LogP contribution in [0.5, 0.6) is 0 Å². The number of furan rings is 1. The third-order valence-electron chi connectivity index (χ3n) is 10.6. The molecule has 0 aliphatic carbocycles. The van der Waals surface area contributed by atoms with Crippen LogP contribution in [0.25, 0.3) is 106 Å². The highest BCUT2D eigenvalue weighted by Gasteiger charge is 2.17. The van der Waals surface area contributed by atoms with Crippen LogP contribution in [0.2, 0.25) is 0 Å². The second kappa shape index (κ2) is 13.0. The molecule has 3 aromatic heterocycles. The van der Waals surface area contributed by atoms with Gasteiger partial charge in [0, 0.05) is 43.9 Å². The first kappa shape index (κ1) is 31.9. The Hall–Kier alpha value is -7.63. The molecule has 262 valence electrons. The van der Waals surface area contributed by atoms with Crippen LogP contribution in [-0.2, 0) is 0 Å². The molecule has 0 amide bonds. The van der Waals surface area contributed by atoms with Gasteiger partial charge in [-0.15, -0.1) is 0 Å². The van der Waals surface area contributed by atoms with Crippen molar-refractivity contribution in [3.05, 3.63) is 194 Å². The normalized spacial score (nSPS) is 11.6. The second-order valence-corrected chi connectivity index (χ2v) is 14.1. The molecule has 0 radical (unpaired) electrons. The van der Waals surface area contributed by atoms with Crippen molar-refractivity contribution >= 4 is 43.7 Å². The fourth-order valence-electron chi connectivity index (χ4n) is 7.92. The van der Waals surface area contributed by atoms with Crippen molar-refractivity contribution < 1.29 is 4.42 Å². The zero-order chi connectivity index (χ0) is 37.0. The van der Waals surface area contributed by atoms with E-state index in [1.807, 2.05) is 66.7 Å². The minimum Gasteiger partial charge on any atom is -0.456 e. The highest BCUT2D eigenvalue weighted by atomic mass is 16.3. The zero-order valence-corrected chi connectivity index (χ0v) is 30.2. The van der Waals surface area contributed by atoms with E-state index in [4.69, 9.17) is 19.4 Å². The van der Waals surface area contributed by atoms with Crippen molar-refractivity contribution in [1.29, 1.82) is 0 Å². The Morgan fingerprint density at radius 1 is 0.304 bits per heavy atom. The number of para-hydroxylation sites is 1. The van der Waals surface area contributed by atoms with Gasteiger partial charge in [0.2, 0.25) is 0 Å². The molecule has 0 bridgehead atoms. The van der Waals surface area contributed by atoms with Crippen LogP contribution in [-0.4, -0.2) is 19.5 Å². The summed E-state index contributed by atoms with van der Waals surface area (Å²) in [6.07, 6.45) is 0. The molecule has 5 nitrogen and oxygen atoms in total. The largest absolute Gasteiger partial charge is 0.456 e. The van der Waals surface area contributed by atoms with Gasteiger partial charge in [-0.1, -0.05) is 140 Å². The number of benzene rings is 8. The molecule has 8 aromatic carbocycles. The molecule has 0 fully saturated rings. The van der Waals surface area contributed by atoms with Gasteiger partial charge in [0.05, 0.1) is 11.0 Å². The van der Waals surface area contributed by atoms with Gasteiger partial charge in [-0.2, -0.15) is 0 Å². The van der Waals surface area contributed by atoms with Gasteiger partial charge >= 0.3 is 0 Å². The predicted molar refractivity (Wildman–Crippen MR) is 229 cm³/mol. The molecule has 0 aliphatic heterocycles. The van der Waals surface area contributed by atoms with E-state index < -0.39 is 0 Å². The van der Waals surface area contributed by atoms with E-state index in [-0.39, 0.29) is 0 Å². The summed E-state index contributed by atoms with van der Waals surface area (Å²) in [4.78, 5) is 14.7. The number of fused-ring (bicyclic) bond motifs is 6. The summed E-state index contributed by atoms with van der Waals surface area (Å²) in [6.45, 7) is 0. The highest BCUT2D eigenvalue weighted by molar-refractivity contribution is 6.11. The van der Waals surface area contributed by atoms with E-state index in [9.17, 15) is 0 Å². The summed E-state index contributed by atoms with van der Waals surface area (Å²) >= 11 is 0. The first-order valence-electron chi connectivity index (χ1n) is 18.8. The quantitative estimate of drug-likeness (QED) is 0.172. The first-order chi connectivity index (χ1) is 27.7. The standard InChI is InChI=1S/C51H32N4O/c1-4-13-33(14-5-1)37-25-28-46-44(30-37)41-21-10-11-22-45(41)55(46)40-20-12-19-36(29-40)38-23-26-42-43-27-24-39(32-48(43)56-47(42)31-38)51-53-49(34-15-6-2-7-16-34)52-50(54-51)35-17-8-3-9-18-35/h1-32H. The van der Waals surface area contributed by atoms with Crippen LogP contribution < -0.4 is 0 Å². The Kier molecular flexibility index (Phi) is 7.42. The van der Waals surface area contributed by atoms with Crippen molar-refractivity contribution in [2.24, 2.45) is 0 Å². The van der Waals surface area contributed by atoms with E-state index in [0.29, 0.717) is 17.5 Å². The Morgan fingerprint density at radius 3 is 1.46 bits per heavy atom. The van der Waals surface area contributed by atoms with Gasteiger partial charge in [0.1, 0.15) is 11.2 Å². The van der Waals surface area contributed by atoms with Crippen molar-refractivity contribution in [3.8, 4) is 62.1 Å². The van der Waals surface area contributed by atoms with Gasteiger partial charge in [0.15, 0.2) is 17.5 Å². The van der Waals surface area contributed by atoms with Gasteiger partial charge in [-0.05, 0) is 76.9 Å². The monoisotopic (exact) mass is 716 g/mol. The molecule has 0 spiro atoms. The maximum Gasteiger partial charge on any atom is 0.164 e. The Bertz CT molecular complexity index is 3180. The zero-order valence-electron chi connectivity index (χ0n) is 30.2. The summed E-state index contributed by atoms with van der Waals surface area (Å²) in [5, 5.41) is 4.58. The molecule has 3 heterocycles. The fourth-order valence-corrected chi connectivity index (χ4v) is 7.92. The minimum absolute atomic E-state index is 0.596. The summed E-state index contributed by atoms with van der Waals surface area (Å²) in [5.74, 6) is 1.85. The highest BCUT2D eigenvalue weighted by Crippen LogP contribution is 2.38. The maximum absolute atomic E-state index is 6.60. The molecule has 0 aliphatic rings. The van der Waals surface area contributed by atoms with E-state index in [1.165, 1.54) is 32.9 Å². The van der Waals surface area contributed by atoms with Crippen LogP contribution in [0.4, 0.5) is 0 Å². The van der Waals surface area contributed by atoms with Gasteiger partial charge in [-0.3, -0.25) is 0 Å². The predicted octanol–water partition coefficient (Wildman–Crippen LogP) is 13.2. The van der Waals surface area contributed by atoms with Crippen molar-refractivity contribution in [2.75, 3.05) is 0 Å². The van der Waals surface area contributed by atoms with E-state index in [2.05, 4.69) is 132 Å². The average molecular weight is 717 g/mol. The van der Waals surface area contributed by atoms with Crippen LogP contribution in [0, 0.1) is 0 Å². The van der Waals surface area contributed by atoms with Crippen molar-refractivity contribution in [1.82, 2.24) is 19.5 Å². The molecule has 56 heavy (non-hydrogen) atoms. The van der Waals surface area contributed by atoms with Crippen LogP contribution in [0.1, 0.15) is 0 Å². The van der Waals surface area contributed by atoms with E-state index in [1.54, 1.807) is 0 Å². The number of aromatic nitrogens is 4. The summed E-state index contributed by atoms with van der Waals surface area (Å²) in [5.41, 5.74) is 12.4. The fraction of sp³-hybridized carbons (Fsp3) is 0. The lowest BCUT2D eigenvalue weighted by atomic mass is 10.0. The second-order valence-electron chi connectivity index (χ2n) is 14.1. The minimum atomic E-state index is 0.596. The van der Waals surface area contributed by atoms with Crippen LogP contribution in [0.15, 0.2) is 199 Å². The molecule has 0 unspecified atom stereocenters. The Balaban J connectivity index is 0.984. The summed E-state index contributed by atoms with van der Waals surface area (Å²) in [7, 11) is 0. The molecule has 0 atom stereocenters. The first-order valence-corrected chi connectivity index (χ1v) is 18.8. The molecule has 5 heteroatoms. The van der Waals surface area contributed by atoms with Crippen molar-refractivity contribution in [2.45, 2.75) is 0 Å². The molecule has 0 N–H and O–H groups in total. The third-order valence-corrected chi connectivity index (χ3v) is 10.6. The van der Waals surface area contributed by atoms with Gasteiger partial charge < -0.3 is 8.98 Å². The molecular weight excluding hydrogens is 685 g/mol. The van der Waals surface area contributed by atoms with Gasteiger partial charge in [0.25, 0.3) is 0 Å². The lowest BCUT2D eigenvalue weighted by molar-refractivity contribution is 0.669. The van der Waals surface area contributed by atoms with Crippen molar-refractivity contribution in [3.63, 3.8) is 0 Å². The number of hydrogen-bond acceptors (Lipinski definition) is 4. The lowest BCUT2D eigenvalue weighted by Crippen LogP contribution is -2.00. The maximum atomic E-state index is 6.60. The molecule has 11 rings (SSSR count). The summed E-state index contributed by atoms with van der Waals surface area (Å²) < 4.78 is 8.97. The lowest BCUT2D eigenvalue weighted by Gasteiger charge is -2.11. The topological polar surface area (TPSA) is 56.7 Å². The van der Waals surface area contributed by atoms with E-state index in [0.717, 1.165) is 55.4 Å². The van der Waals surface area contributed by atoms with Gasteiger partial charge in [-0.25, -0.2) is 15.0 Å². The number of hydrogen-bond donors (Lipinski definition) is 0. The van der Waals surface area contributed by atoms with Crippen LogP contribution in [0.3, 0.4) is 0 Å². The Labute approximate surface area is 322 Å². The summed E-state index contributed by atoms with van der Waals surface area (Å²) in [6, 6.07) is 67.6. The molecule has 0 saturated carbocycles. The Morgan fingerprint density at radius 2 is 0.786 bits per heavy atom. The average Bonchev–Trinajstić information content (AvgIpc) is 3.82.